The summed E-state index contributed by atoms with van der Waals surface area (Å²) < 4.78 is 15.0. The van der Waals surface area contributed by atoms with E-state index in [9.17, 15) is 18.8 Å². The van der Waals surface area contributed by atoms with Gasteiger partial charge in [0.25, 0.3) is 11.8 Å². The average molecular weight is 503 g/mol. The maximum Gasteiger partial charge on any atom is 0.319 e. The number of benzene rings is 2. The lowest BCUT2D eigenvalue weighted by Crippen LogP contribution is -2.31. The maximum absolute atomic E-state index is 13.4. The first kappa shape index (κ1) is 25.4. The van der Waals surface area contributed by atoms with Crippen LogP contribution in [0.25, 0.3) is 5.65 Å². The molecule has 0 unspecified atom stereocenters. The monoisotopic (exact) mass is 502 g/mol. The number of amides is 4. The Morgan fingerprint density at radius 1 is 1.03 bits per heavy atom. The molecule has 4 rings (SSSR count). The Morgan fingerprint density at radius 3 is 2.54 bits per heavy atom. The SMILES string of the molecule is Cc1ccc([C@H](C)NC(=O)Nc2cccc(F)c2)cc1NC(=O)c1cnc2cc(C(=O)N(C)C)ccn12. The molecule has 1 atom stereocenters. The molecule has 190 valence electrons. The molecule has 0 fully saturated rings. The first-order valence-electron chi connectivity index (χ1n) is 11.6. The second-order valence-electron chi connectivity index (χ2n) is 8.85. The lowest BCUT2D eigenvalue weighted by molar-refractivity contribution is 0.0827. The van der Waals surface area contributed by atoms with E-state index in [1.165, 1.54) is 29.3 Å². The van der Waals surface area contributed by atoms with Gasteiger partial charge in [-0.25, -0.2) is 14.2 Å². The predicted molar refractivity (Wildman–Crippen MR) is 139 cm³/mol. The molecule has 9 nitrogen and oxygen atoms in total. The quantitative estimate of drug-likeness (QED) is 0.358. The predicted octanol–water partition coefficient (Wildman–Crippen LogP) is 4.62. The number of fused-ring (bicyclic) bond motifs is 1. The number of nitrogens with zero attached hydrogens (tertiary/aromatic N) is 3. The van der Waals surface area contributed by atoms with Crippen molar-refractivity contribution in [1.82, 2.24) is 19.6 Å². The van der Waals surface area contributed by atoms with Crippen molar-refractivity contribution < 1.29 is 18.8 Å². The Labute approximate surface area is 213 Å². The molecule has 4 aromatic rings. The van der Waals surface area contributed by atoms with Crippen molar-refractivity contribution in [2.24, 2.45) is 0 Å². The molecule has 0 aliphatic heterocycles. The number of aromatic nitrogens is 2. The van der Waals surface area contributed by atoms with Gasteiger partial charge in [0.15, 0.2) is 0 Å². The summed E-state index contributed by atoms with van der Waals surface area (Å²) in [5.41, 5.74) is 3.78. The molecule has 0 radical (unpaired) electrons. The Balaban J connectivity index is 1.48. The van der Waals surface area contributed by atoms with Crippen LogP contribution < -0.4 is 16.0 Å². The molecule has 2 aromatic carbocycles. The summed E-state index contributed by atoms with van der Waals surface area (Å²) in [6.07, 6.45) is 3.09. The van der Waals surface area contributed by atoms with E-state index in [0.29, 0.717) is 28.3 Å². The zero-order valence-electron chi connectivity index (χ0n) is 20.9. The van der Waals surface area contributed by atoms with Gasteiger partial charge in [0.05, 0.1) is 12.2 Å². The molecule has 0 saturated carbocycles. The number of carbonyl (C=O) groups is 3. The van der Waals surface area contributed by atoms with E-state index in [2.05, 4.69) is 20.9 Å². The van der Waals surface area contributed by atoms with E-state index in [-0.39, 0.29) is 11.8 Å². The number of hydrogen-bond acceptors (Lipinski definition) is 4. The Hall–Kier alpha value is -4.73. The van der Waals surface area contributed by atoms with E-state index in [4.69, 9.17) is 0 Å². The largest absolute Gasteiger partial charge is 0.345 e. The summed E-state index contributed by atoms with van der Waals surface area (Å²) in [4.78, 5) is 43.5. The van der Waals surface area contributed by atoms with Gasteiger partial charge in [-0.15, -0.1) is 0 Å². The molecule has 4 amide bonds. The average Bonchev–Trinajstić information content (AvgIpc) is 3.28. The van der Waals surface area contributed by atoms with Crippen LogP contribution in [0, 0.1) is 12.7 Å². The summed E-state index contributed by atoms with van der Waals surface area (Å²) in [5, 5.41) is 8.32. The fourth-order valence-corrected chi connectivity index (χ4v) is 3.78. The molecule has 0 bridgehead atoms. The molecular weight excluding hydrogens is 475 g/mol. The van der Waals surface area contributed by atoms with Crippen molar-refractivity contribution in [3.8, 4) is 0 Å². The van der Waals surface area contributed by atoms with Crippen LogP contribution in [0.4, 0.5) is 20.6 Å². The first-order chi connectivity index (χ1) is 17.6. The van der Waals surface area contributed by atoms with Crippen LogP contribution in [0.3, 0.4) is 0 Å². The highest BCUT2D eigenvalue weighted by atomic mass is 19.1. The minimum atomic E-state index is -0.484. The number of halogens is 1. The fourth-order valence-electron chi connectivity index (χ4n) is 3.78. The summed E-state index contributed by atoms with van der Waals surface area (Å²) >= 11 is 0. The van der Waals surface area contributed by atoms with Gasteiger partial charge in [-0.1, -0.05) is 18.2 Å². The molecule has 10 heteroatoms. The number of rotatable bonds is 6. The highest BCUT2D eigenvalue weighted by Crippen LogP contribution is 2.23. The van der Waals surface area contributed by atoms with E-state index >= 15 is 0 Å². The number of pyridine rings is 1. The lowest BCUT2D eigenvalue weighted by atomic mass is 10.0. The molecular formula is C27H27FN6O3. The minimum Gasteiger partial charge on any atom is -0.345 e. The third-order valence-corrected chi connectivity index (χ3v) is 5.84. The molecule has 0 spiro atoms. The number of carbonyl (C=O) groups excluding carboxylic acids is 3. The zero-order valence-corrected chi connectivity index (χ0v) is 20.9. The third-order valence-electron chi connectivity index (χ3n) is 5.84. The van der Waals surface area contributed by atoms with E-state index in [1.54, 1.807) is 55.9 Å². The number of nitrogens with one attached hydrogen (secondary N) is 3. The Morgan fingerprint density at radius 2 is 1.81 bits per heavy atom. The number of hydrogen-bond donors (Lipinski definition) is 3. The number of anilines is 2. The van der Waals surface area contributed by atoms with Gasteiger partial charge in [0.1, 0.15) is 17.2 Å². The number of imidazole rings is 1. The second kappa shape index (κ2) is 10.5. The highest BCUT2D eigenvalue weighted by Gasteiger charge is 2.17. The van der Waals surface area contributed by atoms with Crippen LogP contribution in [0.1, 0.15) is 44.9 Å². The van der Waals surface area contributed by atoms with Gasteiger partial charge in [-0.05, 0) is 61.4 Å². The molecule has 0 aliphatic rings. The van der Waals surface area contributed by atoms with Crippen molar-refractivity contribution in [3.05, 3.63) is 95.2 Å². The van der Waals surface area contributed by atoms with Gasteiger partial charge in [-0.2, -0.15) is 0 Å². The van der Waals surface area contributed by atoms with Crippen molar-refractivity contribution in [2.75, 3.05) is 24.7 Å². The molecule has 2 heterocycles. The van der Waals surface area contributed by atoms with E-state index in [0.717, 1.165) is 11.1 Å². The van der Waals surface area contributed by atoms with Crippen LogP contribution in [0.2, 0.25) is 0 Å². The van der Waals surface area contributed by atoms with Gasteiger partial charge in [0.2, 0.25) is 0 Å². The third kappa shape index (κ3) is 5.75. The van der Waals surface area contributed by atoms with E-state index < -0.39 is 17.9 Å². The van der Waals surface area contributed by atoms with Crippen molar-refractivity contribution in [2.45, 2.75) is 19.9 Å². The van der Waals surface area contributed by atoms with Crippen molar-refractivity contribution in [3.63, 3.8) is 0 Å². The van der Waals surface area contributed by atoms with Crippen molar-refractivity contribution in [1.29, 1.82) is 0 Å². The molecule has 2 aromatic heterocycles. The second-order valence-corrected chi connectivity index (χ2v) is 8.85. The molecule has 0 saturated heterocycles. The van der Waals surface area contributed by atoms with Gasteiger partial charge in [-0.3, -0.25) is 14.0 Å². The Bertz CT molecular complexity index is 1500. The molecule has 37 heavy (non-hydrogen) atoms. The van der Waals surface area contributed by atoms with Gasteiger partial charge >= 0.3 is 6.03 Å². The smallest absolute Gasteiger partial charge is 0.319 e. The number of aryl methyl sites for hydroxylation is 1. The van der Waals surface area contributed by atoms with Crippen LogP contribution in [-0.2, 0) is 0 Å². The summed E-state index contributed by atoms with van der Waals surface area (Å²) in [5.74, 6) is -0.974. The van der Waals surface area contributed by atoms with Crippen LogP contribution in [0.15, 0.2) is 67.0 Å². The Kier molecular flexibility index (Phi) is 7.19. The molecule has 0 aliphatic carbocycles. The van der Waals surface area contributed by atoms with E-state index in [1.807, 2.05) is 19.1 Å². The normalized spacial score (nSPS) is 11.6. The zero-order chi connectivity index (χ0) is 26.7. The molecule has 3 N–H and O–H groups in total. The van der Waals surface area contributed by atoms with Crippen molar-refractivity contribution >= 4 is 34.9 Å². The van der Waals surface area contributed by atoms with Crippen LogP contribution in [0.5, 0.6) is 0 Å². The maximum atomic E-state index is 13.4. The summed E-state index contributed by atoms with van der Waals surface area (Å²) in [6.45, 7) is 3.67. The minimum absolute atomic E-state index is 0.156. The summed E-state index contributed by atoms with van der Waals surface area (Å²) in [7, 11) is 3.33. The highest BCUT2D eigenvalue weighted by molar-refractivity contribution is 6.04. The summed E-state index contributed by atoms with van der Waals surface area (Å²) in [6, 6.07) is 13.5. The first-order valence-corrected chi connectivity index (χ1v) is 11.6. The van der Waals surface area contributed by atoms with Crippen LogP contribution in [-0.4, -0.2) is 46.2 Å². The lowest BCUT2D eigenvalue weighted by Gasteiger charge is -2.17. The topological polar surface area (TPSA) is 108 Å². The number of urea groups is 1. The van der Waals surface area contributed by atoms with Gasteiger partial charge < -0.3 is 20.9 Å². The standard InChI is InChI=1S/C27H27FN6O3/c1-16-8-9-18(17(2)30-27(37)31-21-7-5-6-20(28)14-21)12-22(16)32-25(35)23-15-29-24-13-19(10-11-34(23)24)26(36)33(3)4/h5-15,17H,1-4H3,(H,32,35)(H2,30,31,37)/t17-/m0/s1. The van der Waals surface area contributed by atoms with Crippen LogP contribution >= 0.6 is 0 Å². The van der Waals surface area contributed by atoms with Gasteiger partial charge in [0, 0.05) is 37.2 Å². The fraction of sp³-hybridized carbons (Fsp3) is 0.185.